The number of piperidine rings is 1. The second-order valence-electron chi connectivity index (χ2n) is 5.59. The third-order valence-electron chi connectivity index (χ3n) is 4.26. The minimum atomic E-state index is -0.463. The van der Waals surface area contributed by atoms with Crippen LogP contribution in [0.5, 0.6) is 0 Å². The first kappa shape index (κ1) is 11.9. The van der Waals surface area contributed by atoms with Crippen LogP contribution in [0, 0.1) is 11.8 Å². The van der Waals surface area contributed by atoms with Crippen molar-refractivity contribution < 1.29 is 4.39 Å². The molecule has 1 unspecified atom stereocenters. The van der Waals surface area contributed by atoms with Crippen molar-refractivity contribution in [2.45, 2.75) is 18.5 Å². The van der Waals surface area contributed by atoms with Gasteiger partial charge in [0.2, 0.25) is 0 Å². The number of benzene rings is 1. The summed E-state index contributed by atoms with van der Waals surface area (Å²) in [5.41, 5.74) is 13.9. The van der Waals surface area contributed by atoms with E-state index in [4.69, 9.17) is 11.5 Å². The molecule has 2 fully saturated rings. The molecule has 1 aromatic carbocycles. The summed E-state index contributed by atoms with van der Waals surface area (Å²) in [5, 5.41) is 0. The summed E-state index contributed by atoms with van der Waals surface area (Å²) in [4.78, 5) is 2.39. The summed E-state index contributed by atoms with van der Waals surface area (Å²) in [5.74, 6) is 1.40. The van der Waals surface area contributed by atoms with Crippen LogP contribution >= 0.6 is 0 Å². The molecule has 0 aromatic heterocycles. The van der Waals surface area contributed by atoms with Crippen molar-refractivity contribution in [2.24, 2.45) is 23.3 Å². The molecule has 4 N–H and O–H groups in total. The van der Waals surface area contributed by atoms with Gasteiger partial charge in [-0.2, -0.15) is 0 Å². The summed E-state index contributed by atoms with van der Waals surface area (Å²) in [6.45, 7) is 1.69. The van der Waals surface area contributed by atoms with Gasteiger partial charge in [-0.05, 0) is 36.0 Å². The number of nitrogens with two attached hydrogens (primary N) is 2. The number of alkyl halides is 1. The summed E-state index contributed by atoms with van der Waals surface area (Å²) >= 11 is 0. The Morgan fingerprint density at radius 2 is 1.83 bits per heavy atom. The lowest BCUT2D eigenvalue weighted by Crippen LogP contribution is -2.28. The quantitative estimate of drug-likeness (QED) is 0.834. The molecule has 1 heterocycles. The van der Waals surface area contributed by atoms with Crippen molar-refractivity contribution in [3.63, 3.8) is 0 Å². The van der Waals surface area contributed by atoms with Crippen molar-refractivity contribution in [3.8, 4) is 0 Å². The van der Waals surface area contributed by atoms with Gasteiger partial charge in [0.25, 0.3) is 0 Å². The van der Waals surface area contributed by atoms with Gasteiger partial charge in [-0.3, -0.25) is 0 Å². The van der Waals surface area contributed by atoms with E-state index in [1.807, 2.05) is 0 Å². The maximum Gasteiger partial charge on any atom is 0.105 e. The van der Waals surface area contributed by atoms with Gasteiger partial charge in [0.15, 0.2) is 0 Å². The molecule has 1 aromatic rings. The first-order valence-corrected chi connectivity index (χ1v) is 6.60. The SMILES string of the molecule is NC1[C@H]2CN(c3ccc(C[C@H](N)CF)cc3)C[C@@H]12. The van der Waals surface area contributed by atoms with E-state index in [1.165, 1.54) is 5.69 Å². The molecule has 1 saturated heterocycles. The summed E-state index contributed by atoms with van der Waals surface area (Å²) < 4.78 is 12.3. The van der Waals surface area contributed by atoms with Crippen LogP contribution in [0.3, 0.4) is 0 Å². The fourth-order valence-corrected chi connectivity index (χ4v) is 2.98. The Morgan fingerprint density at radius 3 is 2.39 bits per heavy atom. The number of hydrogen-bond acceptors (Lipinski definition) is 3. The highest BCUT2D eigenvalue weighted by Gasteiger charge is 2.53. The van der Waals surface area contributed by atoms with Gasteiger partial charge in [-0.25, -0.2) is 4.39 Å². The summed E-state index contributed by atoms with van der Waals surface area (Å²) in [6.07, 6.45) is 0.604. The molecular weight excluding hydrogens is 229 g/mol. The van der Waals surface area contributed by atoms with E-state index in [9.17, 15) is 4.39 Å². The Kier molecular flexibility index (Phi) is 2.99. The molecule has 4 atom stereocenters. The smallest absolute Gasteiger partial charge is 0.105 e. The third kappa shape index (κ3) is 2.10. The van der Waals surface area contributed by atoms with Crippen molar-refractivity contribution in [1.29, 1.82) is 0 Å². The van der Waals surface area contributed by atoms with Crippen LogP contribution in [0.4, 0.5) is 10.1 Å². The third-order valence-corrected chi connectivity index (χ3v) is 4.26. The van der Waals surface area contributed by atoms with Crippen LogP contribution in [-0.2, 0) is 6.42 Å². The molecule has 18 heavy (non-hydrogen) atoms. The minimum Gasteiger partial charge on any atom is -0.371 e. The fourth-order valence-electron chi connectivity index (χ4n) is 2.98. The predicted molar refractivity (Wildman–Crippen MR) is 71.3 cm³/mol. The highest BCUT2D eigenvalue weighted by Crippen LogP contribution is 2.45. The van der Waals surface area contributed by atoms with Gasteiger partial charge in [0, 0.05) is 30.9 Å². The predicted octanol–water partition coefficient (Wildman–Crippen LogP) is 0.919. The van der Waals surface area contributed by atoms with Gasteiger partial charge in [0.1, 0.15) is 6.67 Å². The van der Waals surface area contributed by atoms with E-state index >= 15 is 0 Å². The number of rotatable bonds is 4. The molecule has 0 bridgehead atoms. The molecule has 4 heteroatoms. The summed E-state index contributed by atoms with van der Waals surface area (Å²) in [7, 11) is 0. The Balaban J connectivity index is 1.61. The maximum absolute atomic E-state index is 12.3. The number of fused-ring (bicyclic) bond motifs is 1. The van der Waals surface area contributed by atoms with Crippen molar-refractivity contribution in [3.05, 3.63) is 29.8 Å². The minimum absolute atomic E-state index is 0.381. The van der Waals surface area contributed by atoms with Gasteiger partial charge in [-0.1, -0.05) is 12.1 Å². The van der Waals surface area contributed by atoms with E-state index in [2.05, 4.69) is 29.2 Å². The Bertz CT molecular complexity index is 408. The van der Waals surface area contributed by atoms with E-state index in [0.717, 1.165) is 18.7 Å². The number of anilines is 1. The van der Waals surface area contributed by atoms with Crippen LogP contribution in [0.2, 0.25) is 0 Å². The molecular formula is C14H20FN3. The molecule has 0 amide bonds. The fraction of sp³-hybridized carbons (Fsp3) is 0.571. The van der Waals surface area contributed by atoms with E-state index in [0.29, 0.717) is 24.3 Å². The lowest BCUT2D eigenvalue weighted by atomic mass is 10.1. The van der Waals surface area contributed by atoms with E-state index in [1.54, 1.807) is 0 Å². The van der Waals surface area contributed by atoms with Crippen LogP contribution in [-0.4, -0.2) is 31.8 Å². The molecule has 1 aliphatic carbocycles. The van der Waals surface area contributed by atoms with Crippen molar-refractivity contribution >= 4 is 5.69 Å². The van der Waals surface area contributed by atoms with Crippen LogP contribution in [0.25, 0.3) is 0 Å². The molecule has 0 radical (unpaired) electrons. The molecule has 3 nitrogen and oxygen atoms in total. The van der Waals surface area contributed by atoms with Crippen molar-refractivity contribution in [2.75, 3.05) is 24.7 Å². The molecule has 1 saturated carbocycles. The Labute approximate surface area is 107 Å². The number of hydrogen-bond donors (Lipinski definition) is 2. The lowest BCUT2D eigenvalue weighted by molar-refractivity contribution is 0.427. The zero-order chi connectivity index (χ0) is 12.7. The van der Waals surface area contributed by atoms with Gasteiger partial charge < -0.3 is 16.4 Å². The highest BCUT2D eigenvalue weighted by atomic mass is 19.1. The normalized spacial score (nSPS) is 31.3. The topological polar surface area (TPSA) is 55.3 Å². The molecule has 98 valence electrons. The van der Waals surface area contributed by atoms with Crippen LogP contribution < -0.4 is 16.4 Å². The molecule has 2 aliphatic rings. The van der Waals surface area contributed by atoms with Gasteiger partial charge in [0.05, 0.1) is 0 Å². The van der Waals surface area contributed by atoms with E-state index in [-0.39, 0.29) is 6.04 Å². The largest absolute Gasteiger partial charge is 0.371 e. The van der Waals surface area contributed by atoms with E-state index < -0.39 is 6.67 Å². The second kappa shape index (κ2) is 4.52. The Morgan fingerprint density at radius 1 is 1.22 bits per heavy atom. The average molecular weight is 249 g/mol. The number of nitrogens with zero attached hydrogens (tertiary/aromatic N) is 1. The first-order chi connectivity index (χ1) is 8.69. The maximum atomic E-state index is 12.3. The second-order valence-corrected chi connectivity index (χ2v) is 5.59. The first-order valence-electron chi connectivity index (χ1n) is 6.60. The van der Waals surface area contributed by atoms with Gasteiger partial charge >= 0.3 is 0 Å². The average Bonchev–Trinajstić information content (AvgIpc) is 2.81. The monoisotopic (exact) mass is 249 g/mol. The summed E-state index contributed by atoms with van der Waals surface area (Å²) in [6, 6.07) is 8.37. The molecule has 3 rings (SSSR count). The van der Waals surface area contributed by atoms with Crippen LogP contribution in [0.15, 0.2) is 24.3 Å². The van der Waals surface area contributed by atoms with Crippen LogP contribution in [0.1, 0.15) is 5.56 Å². The highest BCUT2D eigenvalue weighted by molar-refractivity contribution is 5.50. The zero-order valence-corrected chi connectivity index (χ0v) is 10.4. The van der Waals surface area contributed by atoms with Crippen molar-refractivity contribution in [1.82, 2.24) is 0 Å². The molecule has 1 aliphatic heterocycles. The zero-order valence-electron chi connectivity index (χ0n) is 10.4. The standard InChI is InChI=1S/C14H20FN3/c15-6-10(16)5-9-1-3-11(4-2-9)18-7-12-13(8-18)14(12)17/h1-4,10,12-14H,5-8,16-17H2/t10-,12-,13+,14?/m0/s1. The molecule has 0 spiro atoms. The Hall–Kier alpha value is -1.13. The lowest BCUT2D eigenvalue weighted by Gasteiger charge is -2.21. The number of halogens is 1. The van der Waals surface area contributed by atoms with Gasteiger partial charge in [-0.15, -0.1) is 0 Å².